The van der Waals surface area contributed by atoms with Crippen molar-refractivity contribution >= 4 is 22.4 Å². The van der Waals surface area contributed by atoms with E-state index in [9.17, 15) is 22.0 Å². The average Bonchev–Trinajstić information content (AvgIpc) is 2.80. The summed E-state index contributed by atoms with van der Waals surface area (Å²) in [6.07, 6.45) is -6.49. The summed E-state index contributed by atoms with van der Waals surface area (Å²) < 4.78 is 73.7. The van der Waals surface area contributed by atoms with Crippen molar-refractivity contribution in [2.75, 3.05) is 23.4 Å². The zero-order valence-corrected chi connectivity index (χ0v) is 18.4. The Morgan fingerprint density at radius 3 is 2.44 bits per heavy atom. The predicted octanol–water partition coefficient (Wildman–Crippen LogP) is 5.44. The lowest BCUT2D eigenvalue weighted by Gasteiger charge is -2.54. The number of aryl methyl sites for hydroxylation is 1. The molecule has 2 aliphatic rings. The van der Waals surface area contributed by atoms with Crippen molar-refractivity contribution in [3.05, 3.63) is 52.8 Å². The van der Waals surface area contributed by atoms with Crippen LogP contribution in [0.4, 0.5) is 33.5 Å². The average molecular weight is 479 g/mol. The number of ether oxygens (including phenoxy) is 1. The molecule has 3 aromatic rings. The molecule has 180 valence electrons. The van der Waals surface area contributed by atoms with Gasteiger partial charge < -0.3 is 15.0 Å². The molecule has 4 heterocycles. The predicted molar refractivity (Wildman–Crippen MR) is 116 cm³/mol. The molecule has 0 amide bonds. The van der Waals surface area contributed by atoms with Crippen LogP contribution in [0.3, 0.4) is 0 Å². The van der Waals surface area contributed by atoms with Crippen LogP contribution in [0.5, 0.6) is 0 Å². The number of hydrogen-bond acceptors (Lipinski definition) is 6. The van der Waals surface area contributed by atoms with Gasteiger partial charge in [0, 0.05) is 10.9 Å². The fourth-order valence-electron chi connectivity index (χ4n) is 4.68. The molecule has 5 rings (SSSR count). The Labute approximate surface area is 192 Å². The van der Waals surface area contributed by atoms with E-state index in [1.807, 2.05) is 0 Å². The van der Waals surface area contributed by atoms with E-state index < -0.39 is 24.3 Å². The van der Waals surface area contributed by atoms with E-state index in [0.29, 0.717) is 24.2 Å². The minimum Gasteiger partial charge on any atom is -0.377 e. The first-order valence-electron chi connectivity index (χ1n) is 10.9. The molecule has 0 radical (unpaired) electrons. The van der Waals surface area contributed by atoms with Crippen molar-refractivity contribution in [2.24, 2.45) is 0 Å². The second-order valence-corrected chi connectivity index (χ2v) is 8.71. The monoisotopic (exact) mass is 479 g/mol. The molecule has 2 saturated heterocycles. The normalized spacial score (nSPS) is 21.0. The number of benzene rings is 1. The van der Waals surface area contributed by atoms with Gasteiger partial charge >= 0.3 is 6.18 Å². The highest BCUT2D eigenvalue weighted by molar-refractivity contribution is 5.93. The highest BCUT2D eigenvalue weighted by Gasteiger charge is 2.47. The minimum absolute atomic E-state index is 0.00708. The van der Waals surface area contributed by atoms with Gasteiger partial charge in [0.05, 0.1) is 48.2 Å². The number of fused-ring (bicyclic) bond motifs is 3. The van der Waals surface area contributed by atoms with Gasteiger partial charge in [-0.15, -0.1) is 5.10 Å². The molecule has 2 aromatic heterocycles. The summed E-state index contributed by atoms with van der Waals surface area (Å²) in [5.41, 5.74) is -0.149. The van der Waals surface area contributed by atoms with E-state index in [4.69, 9.17) is 4.74 Å². The smallest absolute Gasteiger partial charge is 0.377 e. The summed E-state index contributed by atoms with van der Waals surface area (Å²) in [5, 5.41) is 11.7. The van der Waals surface area contributed by atoms with Crippen LogP contribution in [0.1, 0.15) is 48.3 Å². The Balaban J connectivity index is 1.59. The van der Waals surface area contributed by atoms with Gasteiger partial charge in [-0.2, -0.15) is 18.3 Å². The summed E-state index contributed by atoms with van der Waals surface area (Å²) in [4.78, 5) is 5.74. The molecule has 3 atom stereocenters. The SMILES string of the molecule is Cc1nnc(N[C@H](C)c2cccc(C(F)F)c2)c2cc(N3C4COCC3C4)c(C(F)(F)F)nc12. The summed E-state index contributed by atoms with van der Waals surface area (Å²) in [6, 6.07) is 6.69. The van der Waals surface area contributed by atoms with Gasteiger partial charge in [-0.1, -0.05) is 18.2 Å². The van der Waals surface area contributed by atoms with Crippen LogP contribution in [0.15, 0.2) is 30.3 Å². The molecule has 1 aromatic carbocycles. The molecule has 2 bridgehead atoms. The number of halogens is 5. The fourth-order valence-corrected chi connectivity index (χ4v) is 4.68. The molecule has 2 aliphatic heterocycles. The molecule has 2 fully saturated rings. The molecule has 0 spiro atoms. The van der Waals surface area contributed by atoms with Crippen molar-refractivity contribution in [1.82, 2.24) is 15.2 Å². The number of nitrogens with zero attached hydrogens (tertiary/aromatic N) is 4. The first-order chi connectivity index (χ1) is 16.1. The number of hydrogen-bond donors (Lipinski definition) is 1. The molecule has 11 heteroatoms. The Morgan fingerprint density at radius 2 is 1.79 bits per heavy atom. The third-order valence-corrected chi connectivity index (χ3v) is 6.41. The van der Waals surface area contributed by atoms with Gasteiger partial charge in [-0.25, -0.2) is 13.8 Å². The lowest BCUT2D eigenvalue weighted by atomic mass is 9.90. The van der Waals surface area contributed by atoms with Crippen molar-refractivity contribution in [1.29, 1.82) is 0 Å². The lowest BCUT2D eigenvalue weighted by molar-refractivity contribution is -0.140. The molecule has 34 heavy (non-hydrogen) atoms. The van der Waals surface area contributed by atoms with Crippen LogP contribution in [0.2, 0.25) is 0 Å². The van der Waals surface area contributed by atoms with Crippen molar-refractivity contribution in [2.45, 2.75) is 51.0 Å². The number of pyridine rings is 1. The standard InChI is InChI=1S/C23H22F5N5O/c1-11(13-4-3-5-14(6-13)21(24)25)29-22-17-8-18(33-15-7-16(33)10-34-9-15)20(23(26,27)28)30-19(17)12(2)31-32-22/h3-6,8,11,15-16,21H,7,9-10H2,1-2H3,(H,29,32)/t11-,15?,16?/m1/s1. The maximum absolute atomic E-state index is 14.0. The van der Waals surface area contributed by atoms with Crippen molar-refractivity contribution < 1.29 is 26.7 Å². The van der Waals surface area contributed by atoms with Gasteiger partial charge in [0.15, 0.2) is 11.5 Å². The topological polar surface area (TPSA) is 63.2 Å². The van der Waals surface area contributed by atoms with Crippen LogP contribution in [0, 0.1) is 6.92 Å². The molecular formula is C23H22F5N5O. The number of aromatic nitrogens is 3. The Kier molecular flexibility index (Phi) is 5.54. The van der Waals surface area contributed by atoms with Gasteiger partial charge in [-0.3, -0.25) is 0 Å². The zero-order chi connectivity index (χ0) is 24.2. The van der Waals surface area contributed by atoms with Crippen molar-refractivity contribution in [3.8, 4) is 0 Å². The van der Waals surface area contributed by atoms with E-state index in [1.54, 1.807) is 24.8 Å². The van der Waals surface area contributed by atoms with Crippen molar-refractivity contribution in [3.63, 3.8) is 0 Å². The lowest BCUT2D eigenvalue weighted by Crippen LogP contribution is -2.64. The van der Waals surface area contributed by atoms with Crippen LogP contribution in [-0.2, 0) is 10.9 Å². The quantitative estimate of drug-likeness (QED) is 0.492. The van der Waals surface area contributed by atoms with Crippen LogP contribution >= 0.6 is 0 Å². The molecule has 0 aliphatic carbocycles. The van der Waals surface area contributed by atoms with E-state index in [2.05, 4.69) is 20.5 Å². The first kappa shape index (κ1) is 22.7. The molecule has 6 nitrogen and oxygen atoms in total. The molecular weight excluding hydrogens is 457 g/mol. The molecule has 1 N–H and O–H groups in total. The highest BCUT2D eigenvalue weighted by Crippen LogP contribution is 2.44. The maximum Gasteiger partial charge on any atom is 0.435 e. The number of anilines is 2. The van der Waals surface area contributed by atoms with Crippen LogP contribution in [-0.4, -0.2) is 40.5 Å². The highest BCUT2D eigenvalue weighted by atomic mass is 19.4. The third-order valence-electron chi connectivity index (χ3n) is 6.41. The summed E-state index contributed by atoms with van der Waals surface area (Å²) >= 11 is 0. The van der Waals surface area contributed by atoms with Crippen LogP contribution in [0.25, 0.3) is 10.9 Å². The number of morpholine rings is 1. The second kappa shape index (κ2) is 8.30. The van der Waals surface area contributed by atoms with E-state index in [1.165, 1.54) is 24.3 Å². The largest absolute Gasteiger partial charge is 0.435 e. The van der Waals surface area contributed by atoms with Crippen LogP contribution < -0.4 is 10.2 Å². The summed E-state index contributed by atoms with van der Waals surface area (Å²) in [5.74, 6) is 0.236. The van der Waals surface area contributed by atoms with E-state index >= 15 is 0 Å². The van der Waals surface area contributed by atoms with E-state index in [0.717, 1.165) is 6.42 Å². The maximum atomic E-state index is 14.0. The van der Waals surface area contributed by atoms with Gasteiger partial charge in [0.1, 0.15) is 0 Å². The van der Waals surface area contributed by atoms with E-state index in [-0.39, 0.29) is 40.4 Å². The minimum atomic E-state index is -4.65. The number of nitrogens with one attached hydrogen (secondary N) is 1. The molecule has 0 saturated carbocycles. The Morgan fingerprint density at radius 1 is 1.09 bits per heavy atom. The first-order valence-corrected chi connectivity index (χ1v) is 10.9. The third kappa shape index (κ3) is 3.91. The number of alkyl halides is 5. The van der Waals surface area contributed by atoms with Gasteiger partial charge in [0.2, 0.25) is 0 Å². The summed E-state index contributed by atoms with van der Waals surface area (Å²) in [7, 11) is 0. The van der Waals surface area contributed by atoms with Gasteiger partial charge in [-0.05, 0) is 38.0 Å². The Hall–Kier alpha value is -3.08. The zero-order valence-electron chi connectivity index (χ0n) is 18.4. The Bertz CT molecular complexity index is 1220. The second-order valence-electron chi connectivity index (χ2n) is 8.71. The fraction of sp³-hybridized carbons (Fsp3) is 0.435. The van der Waals surface area contributed by atoms with Gasteiger partial charge in [0.25, 0.3) is 6.43 Å². The summed E-state index contributed by atoms with van der Waals surface area (Å²) in [6.45, 7) is 4.03. The molecule has 2 unspecified atom stereocenters. The number of rotatable bonds is 5.